The van der Waals surface area contributed by atoms with Crippen LogP contribution in [0.25, 0.3) is 0 Å². The first-order valence-corrected chi connectivity index (χ1v) is 14.5. The molecule has 0 fully saturated rings. The first-order chi connectivity index (χ1) is 13.4. The molecule has 27 heavy (non-hydrogen) atoms. The van der Waals surface area contributed by atoms with Crippen LogP contribution in [0, 0.1) is 0 Å². The Kier molecular flexibility index (Phi) is 27.5. The normalized spacial score (nSPS) is 11.3. The molecule has 0 aliphatic carbocycles. The molecule has 0 saturated carbocycles. The molecule has 0 heterocycles. The summed E-state index contributed by atoms with van der Waals surface area (Å²) in [6.45, 7) is 2.30. The first-order valence-electron chi connectivity index (χ1n) is 13.0. The fourth-order valence-electron chi connectivity index (χ4n) is 4.06. The zero-order valence-corrected chi connectivity index (χ0v) is 21.2. The summed E-state index contributed by atoms with van der Waals surface area (Å²) in [6, 6.07) is 0. The highest BCUT2D eigenvalue weighted by atomic mass is 127. The van der Waals surface area contributed by atoms with Crippen molar-refractivity contribution in [1.29, 1.82) is 0 Å². The van der Waals surface area contributed by atoms with Gasteiger partial charge in [0.15, 0.2) is 0 Å². The van der Waals surface area contributed by atoms with E-state index in [0.29, 0.717) is 0 Å². The predicted octanol–water partition coefficient (Wildman–Crippen LogP) is 10.8. The Bertz CT molecular complexity index is 214. The monoisotopic (exact) mass is 492 g/mol. The minimum atomic E-state index is 1.34. The standard InChI is InChI=1S/C26H53I/c1-2-3-4-5-6-7-8-9-10-11-12-13-14-15-16-17-18-19-20-21-22-23-24-25-26-27/h2-26H2,1H3. The number of rotatable bonds is 24. The van der Waals surface area contributed by atoms with Gasteiger partial charge in [0.25, 0.3) is 0 Å². The predicted molar refractivity (Wildman–Crippen MR) is 135 cm³/mol. The molecule has 0 rings (SSSR count). The molecule has 0 aromatic rings. The van der Waals surface area contributed by atoms with Crippen molar-refractivity contribution in [1.82, 2.24) is 0 Å². The lowest BCUT2D eigenvalue weighted by molar-refractivity contribution is 0.518. The molecule has 164 valence electrons. The van der Waals surface area contributed by atoms with Crippen molar-refractivity contribution in [3.05, 3.63) is 0 Å². The Balaban J connectivity index is 2.95. The van der Waals surface area contributed by atoms with Gasteiger partial charge in [-0.25, -0.2) is 0 Å². The van der Waals surface area contributed by atoms with E-state index in [4.69, 9.17) is 0 Å². The van der Waals surface area contributed by atoms with Gasteiger partial charge >= 0.3 is 0 Å². The van der Waals surface area contributed by atoms with Crippen LogP contribution in [0.3, 0.4) is 0 Å². The minimum absolute atomic E-state index is 1.34. The molecule has 0 bridgehead atoms. The van der Waals surface area contributed by atoms with Crippen molar-refractivity contribution < 1.29 is 0 Å². The van der Waals surface area contributed by atoms with Gasteiger partial charge in [0, 0.05) is 0 Å². The van der Waals surface area contributed by atoms with E-state index in [1.54, 1.807) is 0 Å². The number of unbranched alkanes of at least 4 members (excludes halogenated alkanes) is 23. The fraction of sp³-hybridized carbons (Fsp3) is 1.00. The lowest BCUT2D eigenvalue weighted by Crippen LogP contribution is -1.84. The second kappa shape index (κ2) is 26.7. The third-order valence-corrected chi connectivity index (χ3v) is 6.75. The smallest absolute Gasteiger partial charge is 0.000473 e. The molecule has 0 unspecified atom stereocenters. The van der Waals surface area contributed by atoms with E-state index in [0.717, 1.165) is 0 Å². The van der Waals surface area contributed by atoms with Crippen molar-refractivity contribution in [3.8, 4) is 0 Å². The third kappa shape index (κ3) is 26.7. The zero-order chi connectivity index (χ0) is 19.7. The van der Waals surface area contributed by atoms with Crippen LogP contribution < -0.4 is 0 Å². The summed E-state index contributed by atoms with van der Waals surface area (Å²) in [7, 11) is 0. The van der Waals surface area contributed by atoms with Crippen LogP contribution in [-0.4, -0.2) is 4.43 Å². The van der Waals surface area contributed by atoms with E-state index in [1.807, 2.05) is 0 Å². The molecule has 0 N–H and O–H groups in total. The van der Waals surface area contributed by atoms with Crippen LogP contribution in [0.5, 0.6) is 0 Å². The van der Waals surface area contributed by atoms with E-state index >= 15 is 0 Å². The van der Waals surface area contributed by atoms with Crippen LogP contribution >= 0.6 is 22.6 Å². The number of hydrogen-bond acceptors (Lipinski definition) is 0. The molecular formula is C26H53I. The van der Waals surface area contributed by atoms with Gasteiger partial charge in [-0.1, -0.05) is 177 Å². The van der Waals surface area contributed by atoms with Crippen molar-refractivity contribution in [3.63, 3.8) is 0 Å². The topological polar surface area (TPSA) is 0 Å². The first kappa shape index (κ1) is 27.7. The largest absolute Gasteiger partial charge is 0.0864 e. The van der Waals surface area contributed by atoms with Gasteiger partial charge in [0.2, 0.25) is 0 Å². The molecule has 0 amide bonds. The van der Waals surface area contributed by atoms with Gasteiger partial charge < -0.3 is 0 Å². The minimum Gasteiger partial charge on any atom is -0.0864 e. The van der Waals surface area contributed by atoms with Crippen molar-refractivity contribution in [2.24, 2.45) is 0 Å². The molecule has 0 aliphatic rings. The van der Waals surface area contributed by atoms with Crippen LogP contribution in [0.4, 0.5) is 0 Å². The van der Waals surface area contributed by atoms with E-state index < -0.39 is 0 Å². The molecule has 0 aliphatic heterocycles. The molecule has 0 aromatic heterocycles. The summed E-state index contributed by atoms with van der Waals surface area (Å²) < 4.78 is 1.34. The van der Waals surface area contributed by atoms with E-state index in [2.05, 4.69) is 29.5 Å². The fourth-order valence-corrected chi connectivity index (χ4v) is 4.60. The van der Waals surface area contributed by atoms with E-state index in [9.17, 15) is 0 Å². The highest BCUT2D eigenvalue weighted by Crippen LogP contribution is 2.15. The van der Waals surface area contributed by atoms with Crippen molar-refractivity contribution >= 4 is 22.6 Å². The Morgan fingerprint density at radius 3 is 0.667 bits per heavy atom. The molecule has 0 aromatic carbocycles. The van der Waals surface area contributed by atoms with E-state index in [-0.39, 0.29) is 0 Å². The summed E-state index contributed by atoms with van der Waals surface area (Å²) in [4.78, 5) is 0. The van der Waals surface area contributed by atoms with Crippen molar-refractivity contribution in [2.45, 2.75) is 161 Å². The third-order valence-electron chi connectivity index (χ3n) is 5.99. The second-order valence-electron chi connectivity index (χ2n) is 8.82. The zero-order valence-electron chi connectivity index (χ0n) is 19.1. The molecule has 0 atom stereocenters. The van der Waals surface area contributed by atoms with Gasteiger partial charge in [0.1, 0.15) is 0 Å². The van der Waals surface area contributed by atoms with Crippen LogP contribution in [0.2, 0.25) is 0 Å². The SMILES string of the molecule is CCCCCCCCCCCCCCCCCCCCCCCCCCI. The van der Waals surface area contributed by atoms with Gasteiger partial charge in [-0.15, -0.1) is 0 Å². The molecular weight excluding hydrogens is 439 g/mol. The molecule has 0 nitrogen and oxygen atoms in total. The quantitative estimate of drug-likeness (QED) is 0.0714. The summed E-state index contributed by atoms with van der Waals surface area (Å²) in [5.41, 5.74) is 0. The summed E-state index contributed by atoms with van der Waals surface area (Å²) in [6.07, 6.45) is 35.5. The average Bonchev–Trinajstić information content (AvgIpc) is 2.68. The highest BCUT2D eigenvalue weighted by Gasteiger charge is 1.95. The van der Waals surface area contributed by atoms with Gasteiger partial charge in [-0.3, -0.25) is 0 Å². The Hall–Kier alpha value is 0.730. The maximum atomic E-state index is 2.50. The Morgan fingerprint density at radius 2 is 0.481 bits per heavy atom. The van der Waals surface area contributed by atoms with Crippen molar-refractivity contribution in [2.75, 3.05) is 4.43 Å². The second-order valence-corrected chi connectivity index (χ2v) is 9.90. The lowest BCUT2D eigenvalue weighted by Gasteiger charge is -2.04. The van der Waals surface area contributed by atoms with Crippen LogP contribution in [0.1, 0.15) is 161 Å². The maximum absolute atomic E-state index is 2.50. The summed E-state index contributed by atoms with van der Waals surface area (Å²) in [5.74, 6) is 0. The maximum Gasteiger partial charge on any atom is -0.000473 e. The summed E-state index contributed by atoms with van der Waals surface area (Å²) >= 11 is 2.50. The number of alkyl halides is 1. The Labute approximate surface area is 187 Å². The lowest BCUT2D eigenvalue weighted by atomic mass is 10.0. The molecule has 0 spiro atoms. The highest BCUT2D eigenvalue weighted by molar-refractivity contribution is 14.1. The van der Waals surface area contributed by atoms with Gasteiger partial charge in [0.05, 0.1) is 0 Å². The van der Waals surface area contributed by atoms with E-state index in [1.165, 1.54) is 159 Å². The summed E-state index contributed by atoms with van der Waals surface area (Å²) in [5, 5.41) is 0. The van der Waals surface area contributed by atoms with Gasteiger partial charge in [-0.2, -0.15) is 0 Å². The van der Waals surface area contributed by atoms with Crippen LogP contribution in [-0.2, 0) is 0 Å². The molecule has 0 saturated heterocycles. The van der Waals surface area contributed by atoms with Gasteiger partial charge in [-0.05, 0) is 10.8 Å². The van der Waals surface area contributed by atoms with Crippen LogP contribution in [0.15, 0.2) is 0 Å². The Morgan fingerprint density at radius 1 is 0.296 bits per heavy atom. The molecule has 0 radical (unpaired) electrons. The average molecular weight is 493 g/mol. The number of hydrogen-bond donors (Lipinski definition) is 0. The number of halogens is 1. The molecule has 1 heteroatoms.